The number of hydrogen-bond donors (Lipinski definition) is 2. The summed E-state index contributed by atoms with van der Waals surface area (Å²) in [5, 5.41) is 5.87. The van der Waals surface area contributed by atoms with E-state index in [0.29, 0.717) is 24.2 Å². The Kier molecular flexibility index (Phi) is 11.9. The van der Waals surface area contributed by atoms with Gasteiger partial charge in [-0.05, 0) is 56.8 Å². The first-order valence-corrected chi connectivity index (χ1v) is 11.1. The van der Waals surface area contributed by atoms with Gasteiger partial charge in [0.2, 0.25) is 11.8 Å². The second-order valence-corrected chi connectivity index (χ2v) is 8.24. The van der Waals surface area contributed by atoms with Crippen molar-refractivity contribution >= 4 is 55.0 Å². The van der Waals surface area contributed by atoms with Gasteiger partial charge in [0.05, 0.1) is 11.4 Å². The third-order valence-corrected chi connectivity index (χ3v) is 5.97. The summed E-state index contributed by atoms with van der Waals surface area (Å²) in [6, 6.07) is 3.64. The highest BCUT2D eigenvalue weighted by Crippen LogP contribution is 2.33. The fourth-order valence-electron chi connectivity index (χ4n) is 2.60. The van der Waals surface area contributed by atoms with E-state index in [4.69, 9.17) is 0 Å². The smallest absolute Gasteiger partial charge is 0.224 e. The van der Waals surface area contributed by atoms with Gasteiger partial charge in [-0.15, -0.1) is 0 Å². The van der Waals surface area contributed by atoms with Crippen molar-refractivity contribution in [2.45, 2.75) is 78.1 Å². The number of anilines is 2. The van der Waals surface area contributed by atoms with Gasteiger partial charge in [0.1, 0.15) is 0 Å². The molecule has 1 aromatic carbocycles. The van der Waals surface area contributed by atoms with E-state index in [9.17, 15) is 9.59 Å². The molecule has 2 N–H and O–H groups in total. The summed E-state index contributed by atoms with van der Waals surface area (Å²) >= 11 is 6.92. The Hall–Kier alpha value is -0.880. The zero-order valence-corrected chi connectivity index (χ0v) is 19.0. The van der Waals surface area contributed by atoms with Crippen molar-refractivity contribution in [1.29, 1.82) is 0 Å². The Balaban J connectivity index is 2.67. The highest BCUT2D eigenvalue weighted by Gasteiger charge is 2.12. The Labute approximate surface area is 174 Å². The van der Waals surface area contributed by atoms with Crippen LogP contribution in [0, 0.1) is 0 Å². The van der Waals surface area contributed by atoms with Crippen molar-refractivity contribution < 1.29 is 9.59 Å². The summed E-state index contributed by atoms with van der Waals surface area (Å²) < 4.78 is 1.67. The number of unbranched alkanes of at least 4 members (excludes halogenated alkanes) is 6. The number of carbonyl (C=O) groups excluding carboxylic acids is 2. The Bertz CT molecular complexity index is 540. The summed E-state index contributed by atoms with van der Waals surface area (Å²) in [4.78, 5) is 24.4. The van der Waals surface area contributed by atoms with Gasteiger partial charge in [-0.1, -0.05) is 52.4 Å². The first kappa shape index (κ1) is 23.2. The van der Waals surface area contributed by atoms with Crippen molar-refractivity contribution in [3.05, 3.63) is 21.1 Å². The van der Waals surface area contributed by atoms with E-state index < -0.39 is 0 Å². The van der Waals surface area contributed by atoms with Crippen LogP contribution in [-0.4, -0.2) is 11.8 Å². The summed E-state index contributed by atoms with van der Waals surface area (Å²) in [7, 11) is 0. The number of nitrogens with one attached hydrogen (secondary N) is 2. The molecule has 0 unspecified atom stereocenters. The minimum Gasteiger partial charge on any atom is -0.324 e. The zero-order valence-electron chi connectivity index (χ0n) is 15.8. The molecule has 0 aliphatic rings. The number of hydrogen-bond acceptors (Lipinski definition) is 2. The van der Waals surface area contributed by atoms with Gasteiger partial charge >= 0.3 is 0 Å². The third kappa shape index (κ3) is 9.17. The maximum atomic E-state index is 12.2. The van der Waals surface area contributed by atoms with Crippen LogP contribution < -0.4 is 10.6 Å². The van der Waals surface area contributed by atoms with E-state index in [1.807, 2.05) is 12.1 Å². The topological polar surface area (TPSA) is 58.2 Å². The maximum absolute atomic E-state index is 12.2. The van der Waals surface area contributed by atoms with E-state index in [0.717, 1.165) is 60.3 Å². The summed E-state index contributed by atoms with van der Waals surface area (Å²) in [5.74, 6) is -0.0393. The molecule has 6 heteroatoms. The SMILES string of the molecule is CCCCCCC(=O)Nc1cc(Br)c(Br)cc1NC(=O)CCCCCC. The summed E-state index contributed by atoms with van der Waals surface area (Å²) in [5.41, 5.74) is 1.25. The van der Waals surface area contributed by atoms with E-state index in [2.05, 4.69) is 56.3 Å². The van der Waals surface area contributed by atoms with E-state index in [1.54, 1.807) is 0 Å². The average Bonchev–Trinajstić information content (AvgIpc) is 2.60. The average molecular weight is 490 g/mol. The monoisotopic (exact) mass is 488 g/mol. The van der Waals surface area contributed by atoms with E-state index >= 15 is 0 Å². The quantitative estimate of drug-likeness (QED) is 0.309. The molecule has 0 radical (unpaired) electrons. The first-order valence-electron chi connectivity index (χ1n) is 9.56. The molecule has 146 valence electrons. The predicted octanol–water partition coefficient (Wildman–Crippen LogP) is 7.03. The van der Waals surface area contributed by atoms with E-state index in [-0.39, 0.29) is 11.8 Å². The molecule has 0 bridgehead atoms. The lowest BCUT2D eigenvalue weighted by Crippen LogP contribution is -2.16. The lowest BCUT2D eigenvalue weighted by atomic mass is 10.1. The molecule has 0 heterocycles. The van der Waals surface area contributed by atoms with Gasteiger partial charge < -0.3 is 10.6 Å². The molecule has 1 rings (SSSR count). The molecule has 4 nitrogen and oxygen atoms in total. The standard InChI is InChI=1S/C20H30Br2N2O2/c1-3-5-7-9-11-19(25)23-17-13-15(21)16(22)14-18(17)24-20(26)12-10-8-6-4-2/h13-14H,3-12H2,1-2H3,(H,23,25)(H,24,26). The van der Waals surface area contributed by atoms with Crippen LogP contribution in [0.3, 0.4) is 0 Å². The number of carbonyl (C=O) groups is 2. The summed E-state index contributed by atoms with van der Waals surface area (Å²) in [6.45, 7) is 4.30. The van der Waals surface area contributed by atoms with E-state index in [1.165, 1.54) is 0 Å². The zero-order chi connectivity index (χ0) is 19.4. The molecular formula is C20H30Br2N2O2. The van der Waals surface area contributed by atoms with Gasteiger partial charge in [-0.3, -0.25) is 9.59 Å². The van der Waals surface area contributed by atoms with Crippen molar-refractivity contribution in [3.8, 4) is 0 Å². The second-order valence-electron chi connectivity index (χ2n) is 6.53. The van der Waals surface area contributed by atoms with Crippen molar-refractivity contribution in [3.63, 3.8) is 0 Å². The number of amides is 2. The minimum absolute atomic E-state index is 0.0197. The molecule has 0 spiro atoms. The molecule has 0 saturated carbocycles. The molecule has 1 aromatic rings. The molecule has 0 fully saturated rings. The highest BCUT2D eigenvalue weighted by atomic mass is 79.9. The predicted molar refractivity (Wildman–Crippen MR) is 117 cm³/mol. The summed E-state index contributed by atoms with van der Waals surface area (Å²) in [6.07, 6.45) is 9.49. The minimum atomic E-state index is -0.0197. The van der Waals surface area contributed by atoms with Crippen molar-refractivity contribution in [2.24, 2.45) is 0 Å². The Morgan fingerprint density at radius 3 is 1.46 bits per heavy atom. The number of rotatable bonds is 12. The van der Waals surface area contributed by atoms with Crippen LogP contribution in [0.4, 0.5) is 11.4 Å². The molecule has 0 saturated heterocycles. The molecule has 26 heavy (non-hydrogen) atoms. The fraction of sp³-hybridized carbons (Fsp3) is 0.600. The molecule has 0 aliphatic heterocycles. The van der Waals surface area contributed by atoms with Crippen LogP contribution in [-0.2, 0) is 9.59 Å². The lowest BCUT2D eigenvalue weighted by Gasteiger charge is -2.14. The van der Waals surface area contributed by atoms with Crippen LogP contribution in [0.2, 0.25) is 0 Å². The largest absolute Gasteiger partial charge is 0.324 e. The first-order chi connectivity index (χ1) is 12.5. The normalized spacial score (nSPS) is 10.6. The fourth-order valence-corrected chi connectivity index (χ4v) is 3.29. The van der Waals surface area contributed by atoms with Crippen LogP contribution in [0.25, 0.3) is 0 Å². The highest BCUT2D eigenvalue weighted by molar-refractivity contribution is 9.13. The van der Waals surface area contributed by atoms with Crippen LogP contribution in [0.15, 0.2) is 21.1 Å². The maximum Gasteiger partial charge on any atom is 0.224 e. The second kappa shape index (κ2) is 13.3. The van der Waals surface area contributed by atoms with Gasteiger partial charge in [0, 0.05) is 21.8 Å². The van der Waals surface area contributed by atoms with Crippen molar-refractivity contribution in [1.82, 2.24) is 0 Å². The molecular weight excluding hydrogens is 460 g/mol. The molecule has 2 amide bonds. The van der Waals surface area contributed by atoms with Crippen molar-refractivity contribution in [2.75, 3.05) is 10.6 Å². The van der Waals surface area contributed by atoms with Gasteiger partial charge in [0.15, 0.2) is 0 Å². The molecule has 0 aliphatic carbocycles. The van der Waals surface area contributed by atoms with Crippen LogP contribution in [0.5, 0.6) is 0 Å². The van der Waals surface area contributed by atoms with Crippen LogP contribution >= 0.6 is 31.9 Å². The lowest BCUT2D eigenvalue weighted by molar-refractivity contribution is -0.117. The van der Waals surface area contributed by atoms with Gasteiger partial charge in [-0.25, -0.2) is 0 Å². The Morgan fingerprint density at radius 2 is 1.12 bits per heavy atom. The van der Waals surface area contributed by atoms with Crippen LogP contribution in [0.1, 0.15) is 78.1 Å². The third-order valence-electron chi connectivity index (χ3n) is 4.12. The number of halogens is 2. The molecule has 0 atom stereocenters. The Morgan fingerprint density at radius 1 is 0.731 bits per heavy atom. The van der Waals surface area contributed by atoms with Gasteiger partial charge in [-0.2, -0.15) is 0 Å². The molecule has 0 aromatic heterocycles. The number of benzene rings is 1. The van der Waals surface area contributed by atoms with Gasteiger partial charge in [0.25, 0.3) is 0 Å².